The van der Waals surface area contributed by atoms with Crippen LogP contribution in [0.2, 0.25) is 0 Å². The van der Waals surface area contributed by atoms with Gasteiger partial charge < -0.3 is 15.6 Å². The smallest absolute Gasteiger partial charge is 0.142 e. The number of ether oxygens (including phenoxy) is 1. The van der Waals surface area contributed by atoms with Crippen LogP contribution in [0.1, 0.15) is 5.56 Å². The summed E-state index contributed by atoms with van der Waals surface area (Å²) in [5, 5.41) is 8.68. The van der Waals surface area contributed by atoms with Crippen molar-refractivity contribution in [1.29, 1.82) is 0 Å². The molecule has 0 aliphatic heterocycles. The molecule has 4 heteroatoms. The molecule has 0 spiro atoms. The van der Waals surface area contributed by atoms with E-state index in [1.54, 1.807) is 13.2 Å². The van der Waals surface area contributed by atoms with Crippen LogP contribution in [0.25, 0.3) is 0 Å². The van der Waals surface area contributed by atoms with Gasteiger partial charge in [0.1, 0.15) is 5.75 Å². The topological polar surface area (TPSA) is 55.5 Å². The first kappa shape index (κ1) is 12.1. The Kier molecular flexibility index (Phi) is 5.26. The Morgan fingerprint density at radius 3 is 2.69 bits per heavy atom. The number of aliphatic hydroxyl groups excluding tert-OH is 1. The van der Waals surface area contributed by atoms with Crippen molar-refractivity contribution in [3.8, 4) is 5.75 Å². The summed E-state index contributed by atoms with van der Waals surface area (Å²) >= 11 is 0. The molecule has 0 radical (unpaired) electrons. The maximum absolute atomic E-state index is 8.68. The Labute approximate surface area is 83.9 Å². The minimum atomic E-state index is 0. The summed E-state index contributed by atoms with van der Waals surface area (Å²) in [5.41, 5.74) is 7.26. The van der Waals surface area contributed by atoms with Gasteiger partial charge in [0.2, 0.25) is 0 Å². The SMILES string of the molecule is COc1cc(CCO)ccc1N.Cl. The average molecular weight is 204 g/mol. The van der Waals surface area contributed by atoms with Gasteiger partial charge in [-0.15, -0.1) is 12.4 Å². The highest BCUT2D eigenvalue weighted by molar-refractivity contribution is 5.85. The number of aliphatic hydroxyl groups is 1. The fourth-order valence-corrected chi connectivity index (χ4v) is 1.04. The standard InChI is InChI=1S/C9H13NO2.ClH/c1-12-9-6-7(4-5-11)2-3-8(9)10;/h2-3,6,11H,4-5,10H2,1H3;1H. The predicted octanol–water partition coefficient (Wildman–Crippen LogP) is 1.23. The fraction of sp³-hybridized carbons (Fsp3) is 0.333. The van der Waals surface area contributed by atoms with Gasteiger partial charge >= 0.3 is 0 Å². The Morgan fingerprint density at radius 2 is 2.15 bits per heavy atom. The molecule has 0 aromatic heterocycles. The first-order valence-corrected chi connectivity index (χ1v) is 3.81. The van der Waals surface area contributed by atoms with Gasteiger partial charge in [0, 0.05) is 6.61 Å². The van der Waals surface area contributed by atoms with E-state index < -0.39 is 0 Å². The van der Waals surface area contributed by atoms with Crippen molar-refractivity contribution in [3.05, 3.63) is 23.8 Å². The van der Waals surface area contributed by atoms with Crippen LogP contribution in [0.5, 0.6) is 5.75 Å². The maximum Gasteiger partial charge on any atom is 0.142 e. The zero-order valence-electron chi connectivity index (χ0n) is 7.49. The number of nitrogen functional groups attached to an aromatic ring is 1. The quantitative estimate of drug-likeness (QED) is 0.727. The molecule has 0 amide bonds. The number of anilines is 1. The summed E-state index contributed by atoms with van der Waals surface area (Å²) in [6.07, 6.45) is 0.636. The molecule has 0 unspecified atom stereocenters. The van der Waals surface area contributed by atoms with E-state index in [1.807, 2.05) is 12.1 Å². The molecular formula is C9H14ClNO2. The van der Waals surface area contributed by atoms with Crippen molar-refractivity contribution in [1.82, 2.24) is 0 Å². The van der Waals surface area contributed by atoms with Gasteiger partial charge in [-0.05, 0) is 24.1 Å². The zero-order valence-corrected chi connectivity index (χ0v) is 8.30. The summed E-state index contributed by atoms with van der Waals surface area (Å²) in [5.74, 6) is 0.668. The highest BCUT2D eigenvalue weighted by atomic mass is 35.5. The fourth-order valence-electron chi connectivity index (χ4n) is 1.04. The van der Waals surface area contributed by atoms with Crippen LogP contribution in [-0.2, 0) is 6.42 Å². The van der Waals surface area contributed by atoms with Crippen LogP contribution in [0.15, 0.2) is 18.2 Å². The van der Waals surface area contributed by atoms with E-state index in [4.69, 9.17) is 15.6 Å². The number of halogens is 1. The second-order valence-corrected chi connectivity index (χ2v) is 2.55. The van der Waals surface area contributed by atoms with Crippen LogP contribution < -0.4 is 10.5 Å². The monoisotopic (exact) mass is 203 g/mol. The molecule has 1 aromatic rings. The van der Waals surface area contributed by atoms with Crippen molar-refractivity contribution >= 4 is 18.1 Å². The lowest BCUT2D eigenvalue weighted by Crippen LogP contribution is -1.95. The molecule has 0 saturated heterocycles. The number of nitrogens with two attached hydrogens (primary N) is 1. The van der Waals surface area contributed by atoms with Gasteiger partial charge in [-0.25, -0.2) is 0 Å². The molecular weight excluding hydrogens is 190 g/mol. The van der Waals surface area contributed by atoms with Crippen molar-refractivity contribution < 1.29 is 9.84 Å². The van der Waals surface area contributed by atoms with Gasteiger partial charge in [-0.3, -0.25) is 0 Å². The Balaban J connectivity index is 0.00000144. The molecule has 0 fully saturated rings. The molecule has 0 bridgehead atoms. The number of methoxy groups -OCH3 is 1. The van der Waals surface area contributed by atoms with E-state index >= 15 is 0 Å². The lowest BCUT2D eigenvalue weighted by atomic mass is 10.1. The van der Waals surface area contributed by atoms with Crippen molar-refractivity contribution in [3.63, 3.8) is 0 Å². The lowest BCUT2D eigenvalue weighted by molar-refractivity contribution is 0.299. The maximum atomic E-state index is 8.68. The van der Waals surface area contributed by atoms with Gasteiger partial charge in [-0.2, -0.15) is 0 Å². The summed E-state index contributed by atoms with van der Waals surface area (Å²) < 4.78 is 5.03. The highest BCUT2D eigenvalue weighted by Crippen LogP contribution is 2.21. The summed E-state index contributed by atoms with van der Waals surface area (Å²) in [6.45, 7) is 0.146. The van der Waals surface area contributed by atoms with Crippen molar-refractivity contribution in [2.45, 2.75) is 6.42 Å². The third-order valence-electron chi connectivity index (χ3n) is 1.70. The van der Waals surface area contributed by atoms with Crippen molar-refractivity contribution in [2.24, 2.45) is 0 Å². The number of rotatable bonds is 3. The van der Waals surface area contributed by atoms with Gasteiger partial charge in [0.25, 0.3) is 0 Å². The molecule has 0 aliphatic carbocycles. The van der Waals surface area contributed by atoms with Gasteiger partial charge in [-0.1, -0.05) is 6.07 Å². The first-order chi connectivity index (χ1) is 5.77. The number of benzene rings is 1. The molecule has 0 heterocycles. The third kappa shape index (κ3) is 3.13. The second-order valence-electron chi connectivity index (χ2n) is 2.55. The van der Waals surface area contributed by atoms with E-state index in [1.165, 1.54) is 0 Å². The van der Waals surface area contributed by atoms with E-state index in [9.17, 15) is 0 Å². The van der Waals surface area contributed by atoms with Gasteiger partial charge in [0.05, 0.1) is 12.8 Å². The molecule has 0 atom stereocenters. The summed E-state index contributed by atoms with van der Waals surface area (Å²) in [4.78, 5) is 0. The van der Waals surface area contributed by atoms with Crippen LogP contribution >= 0.6 is 12.4 Å². The normalized spacial score (nSPS) is 9.08. The first-order valence-electron chi connectivity index (χ1n) is 3.81. The Bertz CT molecular complexity index is 266. The van der Waals surface area contributed by atoms with Gasteiger partial charge in [0.15, 0.2) is 0 Å². The van der Waals surface area contributed by atoms with Crippen LogP contribution in [0.4, 0.5) is 5.69 Å². The molecule has 1 aromatic carbocycles. The van der Waals surface area contributed by atoms with E-state index in [0.29, 0.717) is 17.9 Å². The highest BCUT2D eigenvalue weighted by Gasteiger charge is 1.99. The molecule has 1 rings (SSSR count). The van der Waals surface area contributed by atoms with Crippen LogP contribution in [0.3, 0.4) is 0 Å². The summed E-state index contributed by atoms with van der Waals surface area (Å²) in [7, 11) is 1.58. The van der Waals surface area contributed by atoms with Crippen LogP contribution in [-0.4, -0.2) is 18.8 Å². The molecule has 3 nitrogen and oxygen atoms in total. The third-order valence-corrected chi connectivity index (χ3v) is 1.70. The van der Waals surface area contributed by atoms with E-state index in [-0.39, 0.29) is 19.0 Å². The minimum absolute atomic E-state index is 0. The second kappa shape index (κ2) is 5.67. The van der Waals surface area contributed by atoms with E-state index in [2.05, 4.69) is 0 Å². The largest absolute Gasteiger partial charge is 0.495 e. The average Bonchev–Trinajstić information content (AvgIpc) is 2.09. The molecule has 74 valence electrons. The molecule has 0 saturated carbocycles. The zero-order chi connectivity index (χ0) is 8.97. The number of hydrogen-bond acceptors (Lipinski definition) is 3. The minimum Gasteiger partial charge on any atom is -0.495 e. The molecule has 13 heavy (non-hydrogen) atoms. The van der Waals surface area contributed by atoms with E-state index in [0.717, 1.165) is 5.56 Å². The summed E-state index contributed by atoms with van der Waals surface area (Å²) in [6, 6.07) is 5.50. The Morgan fingerprint density at radius 1 is 1.46 bits per heavy atom. The van der Waals surface area contributed by atoms with Crippen LogP contribution in [0, 0.1) is 0 Å². The predicted molar refractivity (Wildman–Crippen MR) is 55.4 cm³/mol. The molecule has 3 N–H and O–H groups in total. The lowest BCUT2D eigenvalue weighted by Gasteiger charge is -2.05. The Hall–Kier alpha value is -0.930. The number of hydrogen-bond donors (Lipinski definition) is 2. The van der Waals surface area contributed by atoms with Crippen molar-refractivity contribution in [2.75, 3.05) is 19.5 Å². The molecule has 0 aliphatic rings.